The molecule has 0 saturated carbocycles. The molecule has 0 unspecified atom stereocenters. The number of aliphatic carboxylic acids is 2. The van der Waals surface area contributed by atoms with Crippen LogP contribution in [0.15, 0.2) is 0 Å². The Kier molecular flexibility index (Phi) is 10.3. The van der Waals surface area contributed by atoms with E-state index in [2.05, 4.69) is 0 Å². The van der Waals surface area contributed by atoms with Crippen molar-refractivity contribution in [2.45, 2.75) is 70.3 Å². The SMILES string of the molecule is O=C(O)CCCCCC(O)CCCCCC(=O)O. The molecule has 0 aliphatic heterocycles. The minimum Gasteiger partial charge on any atom is -0.481 e. The summed E-state index contributed by atoms with van der Waals surface area (Å²) in [5, 5.41) is 26.5. The van der Waals surface area contributed by atoms with Crippen molar-refractivity contribution < 1.29 is 24.9 Å². The third-order valence-electron chi connectivity index (χ3n) is 2.86. The van der Waals surface area contributed by atoms with Crippen molar-refractivity contribution in [3.05, 3.63) is 0 Å². The highest BCUT2D eigenvalue weighted by atomic mass is 16.4. The minimum absolute atomic E-state index is 0.200. The summed E-state index contributed by atoms with van der Waals surface area (Å²) in [4.78, 5) is 20.5. The molecular weight excluding hydrogens is 236 g/mol. The van der Waals surface area contributed by atoms with E-state index in [9.17, 15) is 14.7 Å². The van der Waals surface area contributed by atoms with Gasteiger partial charge in [0.25, 0.3) is 0 Å². The van der Waals surface area contributed by atoms with Gasteiger partial charge in [-0.15, -0.1) is 0 Å². The molecule has 5 nitrogen and oxygen atoms in total. The average molecular weight is 260 g/mol. The van der Waals surface area contributed by atoms with Gasteiger partial charge in [-0.25, -0.2) is 0 Å². The lowest BCUT2D eigenvalue weighted by atomic mass is 10.0. The van der Waals surface area contributed by atoms with Gasteiger partial charge in [0.05, 0.1) is 6.10 Å². The molecule has 0 bridgehead atoms. The molecule has 5 heteroatoms. The molecule has 0 rings (SSSR count). The zero-order valence-corrected chi connectivity index (χ0v) is 10.8. The first-order valence-corrected chi connectivity index (χ1v) is 6.64. The van der Waals surface area contributed by atoms with Crippen molar-refractivity contribution >= 4 is 11.9 Å². The topological polar surface area (TPSA) is 94.8 Å². The Morgan fingerprint density at radius 2 is 1.11 bits per heavy atom. The Balaban J connectivity index is 3.24. The zero-order valence-electron chi connectivity index (χ0n) is 10.8. The van der Waals surface area contributed by atoms with Crippen LogP contribution in [-0.2, 0) is 9.59 Å². The number of carbonyl (C=O) groups is 2. The van der Waals surface area contributed by atoms with Gasteiger partial charge in [-0.1, -0.05) is 25.7 Å². The highest BCUT2D eigenvalue weighted by molar-refractivity contribution is 5.66. The molecule has 0 saturated heterocycles. The van der Waals surface area contributed by atoms with Crippen LogP contribution < -0.4 is 0 Å². The maximum Gasteiger partial charge on any atom is 0.303 e. The second-order valence-corrected chi connectivity index (χ2v) is 4.64. The molecule has 0 aromatic rings. The summed E-state index contributed by atoms with van der Waals surface area (Å²) in [6, 6.07) is 0. The fourth-order valence-corrected chi connectivity index (χ4v) is 1.81. The van der Waals surface area contributed by atoms with Crippen LogP contribution in [-0.4, -0.2) is 33.4 Å². The van der Waals surface area contributed by atoms with E-state index in [4.69, 9.17) is 10.2 Å². The van der Waals surface area contributed by atoms with Crippen LogP contribution in [0.5, 0.6) is 0 Å². The van der Waals surface area contributed by atoms with Crippen molar-refractivity contribution in [1.29, 1.82) is 0 Å². The van der Waals surface area contributed by atoms with E-state index in [0.717, 1.165) is 25.7 Å². The van der Waals surface area contributed by atoms with E-state index in [0.29, 0.717) is 25.7 Å². The van der Waals surface area contributed by atoms with E-state index < -0.39 is 11.9 Å². The van der Waals surface area contributed by atoms with Gasteiger partial charge >= 0.3 is 11.9 Å². The molecule has 0 aromatic carbocycles. The van der Waals surface area contributed by atoms with Gasteiger partial charge in [0.15, 0.2) is 0 Å². The van der Waals surface area contributed by atoms with Crippen molar-refractivity contribution in [3.8, 4) is 0 Å². The molecule has 0 fully saturated rings. The number of hydrogen-bond donors (Lipinski definition) is 3. The van der Waals surface area contributed by atoms with E-state index in [1.807, 2.05) is 0 Å². The normalized spacial score (nSPS) is 10.8. The fourth-order valence-electron chi connectivity index (χ4n) is 1.81. The molecule has 0 aliphatic carbocycles. The second kappa shape index (κ2) is 11.0. The van der Waals surface area contributed by atoms with Gasteiger partial charge in [0.1, 0.15) is 0 Å². The van der Waals surface area contributed by atoms with Crippen LogP contribution in [0.1, 0.15) is 64.2 Å². The van der Waals surface area contributed by atoms with Gasteiger partial charge < -0.3 is 15.3 Å². The molecule has 0 radical (unpaired) electrons. The quantitative estimate of drug-likeness (QED) is 0.468. The van der Waals surface area contributed by atoms with Crippen LogP contribution in [0.3, 0.4) is 0 Å². The summed E-state index contributed by atoms with van der Waals surface area (Å²) in [7, 11) is 0. The number of carboxylic acids is 2. The van der Waals surface area contributed by atoms with Gasteiger partial charge in [-0.2, -0.15) is 0 Å². The number of rotatable bonds is 12. The fraction of sp³-hybridized carbons (Fsp3) is 0.846. The Labute approximate surface area is 108 Å². The van der Waals surface area contributed by atoms with Crippen LogP contribution in [0.4, 0.5) is 0 Å². The lowest BCUT2D eigenvalue weighted by Crippen LogP contribution is -2.06. The minimum atomic E-state index is -0.769. The third kappa shape index (κ3) is 13.0. The maximum atomic E-state index is 10.3. The summed E-state index contributed by atoms with van der Waals surface area (Å²) >= 11 is 0. The Bertz CT molecular complexity index is 216. The predicted molar refractivity (Wildman–Crippen MR) is 67.4 cm³/mol. The number of aliphatic hydroxyl groups is 1. The van der Waals surface area contributed by atoms with Gasteiger partial charge in [0, 0.05) is 12.8 Å². The summed E-state index contributed by atoms with van der Waals surface area (Å²) in [5.74, 6) is -1.54. The van der Waals surface area contributed by atoms with E-state index in [-0.39, 0.29) is 18.9 Å². The van der Waals surface area contributed by atoms with Crippen LogP contribution in [0, 0.1) is 0 Å². The van der Waals surface area contributed by atoms with Crippen molar-refractivity contribution in [1.82, 2.24) is 0 Å². The molecule has 18 heavy (non-hydrogen) atoms. The summed E-state index contributed by atoms with van der Waals surface area (Å²) in [5.41, 5.74) is 0. The van der Waals surface area contributed by atoms with Crippen molar-refractivity contribution in [2.75, 3.05) is 0 Å². The summed E-state index contributed by atoms with van der Waals surface area (Å²) in [6.07, 6.45) is 6.19. The average Bonchev–Trinajstić information content (AvgIpc) is 2.27. The maximum absolute atomic E-state index is 10.3. The Morgan fingerprint density at radius 1 is 0.722 bits per heavy atom. The summed E-state index contributed by atoms with van der Waals surface area (Å²) < 4.78 is 0. The first kappa shape index (κ1) is 16.9. The number of hydrogen-bond acceptors (Lipinski definition) is 3. The second-order valence-electron chi connectivity index (χ2n) is 4.64. The lowest BCUT2D eigenvalue weighted by Gasteiger charge is -2.09. The highest BCUT2D eigenvalue weighted by Gasteiger charge is 2.05. The van der Waals surface area contributed by atoms with Gasteiger partial charge in [-0.3, -0.25) is 9.59 Å². The molecule has 0 heterocycles. The van der Waals surface area contributed by atoms with Crippen molar-refractivity contribution in [3.63, 3.8) is 0 Å². The van der Waals surface area contributed by atoms with Gasteiger partial charge in [0.2, 0.25) is 0 Å². The molecule has 106 valence electrons. The Hall–Kier alpha value is -1.10. The standard InChI is InChI=1S/C13H24O5/c14-11(7-3-1-5-9-12(15)16)8-4-2-6-10-13(17)18/h11,14H,1-10H2,(H,15,16)(H,17,18). The smallest absolute Gasteiger partial charge is 0.303 e. The van der Waals surface area contributed by atoms with Crippen molar-refractivity contribution in [2.24, 2.45) is 0 Å². The molecule has 0 aromatic heterocycles. The van der Waals surface area contributed by atoms with Gasteiger partial charge in [-0.05, 0) is 25.7 Å². The molecular formula is C13H24O5. The molecule has 3 N–H and O–H groups in total. The number of aliphatic hydroxyl groups excluding tert-OH is 1. The predicted octanol–water partition coefficient (Wildman–Crippen LogP) is 2.42. The van der Waals surface area contributed by atoms with E-state index >= 15 is 0 Å². The first-order chi connectivity index (χ1) is 8.52. The monoisotopic (exact) mass is 260 g/mol. The van der Waals surface area contributed by atoms with E-state index in [1.165, 1.54) is 0 Å². The number of unbranched alkanes of at least 4 members (excludes halogenated alkanes) is 4. The molecule has 0 amide bonds. The van der Waals surface area contributed by atoms with E-state index in [1.54, 1.807) is 0 Å². The van der Waals surface area contributed by atoms with Crippen LogP contribution in [0.25, 0.3) is 0 Å². The number of carboxylic acid groups (broad SMARTS) is 2. The van der Waals surface area contributed by atoms with Crippen LogP contribution >= 0.6 is 0 Å². The molecule has 0 atom stereocenters. The molecule has 0 aliphatic rings. The van der Waals surface area contributed by atoms with Crippen LogP contribution in [0.2, 0.25) is 0 Å². The molecule has 0 spiro atoms. The first-order valence-electron chi connectivity index (χ1n) is 6.64. The highest BCUT2D eigenvalue weighted by Crippen LogP contribution is 2.12. The third-order valence-corrected chi connectivity index (χ3v) is 2.86. The largest absolute Gasteiger partial charge is 0.481 e. The summed E-state index contributed by atoms with van der Waals surface area (Å²) in [6.45, 7) is 0. The Morgan fingerprint density at radius 3 is 1.44 bits per heavy atom. The lowest BCUT2D eigenvalue weighted by molar-refractivity contribution is -0.138. The zero-order chi connectivity index (χ0) is 13.8.